The summed E-state index contributed by atoms with van der Waals surface area (Å²) >= 11 is 0. The second kappa shape index (κ2) is 7.38. The zero-order chi connectivity index (χ0) is 15.3. The second-order valence-corrected chi connectivity index (χ2v) is 8.39. The average molecular weight is 310 g/mol. The highest BCUT2D eigenvalue weighted by Gasteiger charge is 2.19. The molecule has 0 aromatic heterocycles. The Morgan fingerprint density at radius 1 is 1.14 bits per heavy atom. The van der Waals surface area contributed by atoms with Crippen molar-refractivity contribution in [2.24, 2.45) is 0 Å². The van der Waals surface area contributed by atoms with Crippen molar-refractivity contribution in [2.75, 3.05) is 24.6 Å². The number of nitrogens with one attached hydrogen (secondary N) is 1. The van der Waals surface area contributed by atoms with Gasteiger partial charge in [0.15, 0.2) is 9.84 Å². The lowest BCUT2D eigenvalue weighted by molar-refractivity contribution is 0.286. The molecule has 1 fully saturated rings. The molecule has 1 aromatic carbocycles. The van der Waals surface area contributed by atoms with E-state index in [0.29, 0.717) is 24.1 Å². The van der Waals surface area contributed by atoms with Gasteiger partial charge in [0.2, 0.25) is 0 Å². The normalized spacial score (nSPS) is 19.6. The minimum atomic E-state index is -2.83. The van der Waals surface area contributed by atoms with Gasteiger partial charge in [0.1, 0.15) is 0 Å². The van der Waals surface area contributed by atoms with Gasteiger partial charge in [-0.05, 0) is 24.1 Å². The summed E-state index contributed by atoms with van der Waals surface area (Å²) in [7, 11) is -2.83. The molecule has 0 amide bonds. The van der Waals surface area contributed by atoms with Gasteiger partial charge in [0.05, 0.1) is 11.5 Å². The van der Waals surface area contributed by atoms with Crippen LogP contribution in [0.1, 0.15) is 31.4 Å². The van der Waals surface area contributed by atoms with Crippen molar-refractivity contribution >= 4 is 9.84 Å². The molecule has 1 aliphatic rings. The highest BCUT2D eigenvalue weighted by atomic mass is 32.2. The molecule has 21 heavy (non-hydrogen) atoms. The Morgan fingerprint density at radius 2 is 1.86 bits per heavy atom. The monoisotopic (exact) mass is 310 g/mol. The van der Waals surface area contributed by atoms with E-state index in [9.17, 15) is 8.42 Å². The van der Waals surface area contributed by atoms with E-state index in [1.165, 1.54) is 11.1 Å². The van der Waals surface area contributed by atoms with Crippen molar-refractivity contribution in [3.63, 3.8) is 0 Å². The maximum absolute atomic E-state index is 11.7. The van der Waals surface area contributed by atoms with Crippen LogP contribution in [-0.2, 0) is 22.9 Å². The van der Waals surface area contributed by atoms with Gasteiger partial charge in [0, 0.05) is 25.7 Å². The third-order valence-corrected chi connectivity index (χ3v) is 5.58. The van der Waals surface area contributed by atoms with E-state index in [1.807, 2.05) is 0 Å². The summed E-state index contributed by atoms with van der Waals surface area (Å²) < 4.78 is 23.4. The molecule has 0 spiro atoms. The summed E-state index contributed by atoms with van der Waals surface area (Å²) in [6.45, 7) is 7.50. The quantitative estimate of drug-likeness (QED) is 0.901. The summed E-state index contributed by atoms with van der Waals surface area (Å²) in [5, 5.41) is 3.45. The summed E-state index contributed by atoms with van der Waals surface area (Å²) in [4.78, 5) is 2.26. The van der Waals surface area contributed by atoms with Gasteiger partial charge in [-0.2, -0.15) is 0 Å². The van der Waals surface area contributed by atoms with E-state index in [-0.39, 0.29) is 0 Å². The molecule has 0 aliphatic carbocycles. The van der Waals surface area contributed by atoms with Crippen LogP contribution in [0.25, 0.3) is 0 Å². The molecule has 0 bridgehead atoms. The summed E-state index contributed by atoms with van der Waals surface area (Å²) in [5.74, 6) is 0.624. The fourth-order valence-electron chi connectivity index (χ4n) is 2.59. The van der Waals surface area contributed by atoms with E-state index in [4.69, 9.17) is 0 Å². The zero-order valence-corrected chi connectivity index (χ0v) is 13.8. The lowest BCUT2D eigenvalue weighted by Gasteiger charge is -2.21. The van der Waals surface area contributed by atoms with Gasteiger partial charge in [-0.15, -0.1) is 0 Å². The van der Waals surface area contributed by atoms with Crippen LogP contribution in [0.2, 0.25) is 0 Å². The van der Waals surface area contributed by atoms with Crippen LogP contribution >= 0.6 is 0 Å². The van der Waals surface area contributed by atoms with Crippen LogP contribution in [0, 0.1) is 0 Å². The van der Waals surface area contributed by atoms with Crippen LogP contribution in [0.15, 0.2) is 24.3 Å². The zero-order valence-electron chi connectivity index (χ0n) is 13.0. The Hall–Kier alpha value is -0.910. The van der Waals surface area contributed by atoms with E-state index in [2.05, 4.69) is 48.3 Å². The van der Waals surface area contributed by atoms with Crippen molar-refractivity contribution in [3.8, 4) is 0 Å². The lowest BCUT2D eigenvalue weighted by atomic mass is 10.1. The van der Waals surface area contributed by atoms with Gasteiger partial charge in [-0.25, -0.2) is 8.42 Å². The molecular weight excluding hydrogens is 284 g/mol. The van der Waals surface area contributed by atoms with Gasteiger partial charge in [-0.1, -0.05) is 38.1 Å². The molecule has 1 N–H and O–H groups in total. The Balaban J connectivity index is 2.02. The van der Waals surface area contributed by atoms with Crippen molar-refractivity contribution in [2.45, 2.75) is 39.4 Å². The van der Waals surface area contributed by atoms with Crippen molar-refractivity contribution in [1.29, 1.82) is 0 Å². The molecule has 2 rings (SSSR count). The third kappa shape index (κ3) is 5.41. The first-order chi connectivity index (χ1) is 9.96. The summed E-state index contributed by atoms with van der Waals surface area (Å²) in [6, 6.07) is 8.88. The summed E-state index contributed by atoms with van der Waals surface area (Å²) in [5.41, 5.74) is 2.60. The minimum Gasteiger partial charge on any atom is -0.310 e. The highest BCUT2D eigenvalue weighted by Crippen LogP contribution is 2.14. The smallest absolute Gasteiger partial charge is 0.151 e. The van der Waals surface area contributed by atoms with Crippen LogP contribution in [0.5, 0.6) is 0 Å². The first-order valence-corrected chi connectivity index (χ1v) is 9.51. The number of sulfone groups is 1. The molecule has 0 atom stereocenters. The van der Waals surface area contributed by atoms with Crippen molar-refractivity contribution < 1.29 is 8.42 Å². The number of nitrogens with zero attached hydrogens (tertiary/aromatic N) is 1. The topological polar surface area (TPSA) is 49.4 Å². The standard InChI is InChI=1S/C16H26N2O2S/c1-14(2)17-12-15-6-3-4-7-16(15)13-18-8-5-10-21(19,20)11-9-18/h3-4,6-7,14,17H,5,8-13H2,1-2H3. The van der Waals surface area contributed by atoms with Gasteiger partial charge >= 0.3 is 0 Å². The third-order valence-electron chi connectivity index (χ3n) is 3.86. The fourth-order valence-corrected chi connectivity index (χ4v) is 3.90. The molecule has 1 aliphatic heterocycles. The number of benzene rings is 1. The largest absolute Gasteiger partial charge is 0.310 e. The molecular formula is C16H26N2O2S. The van der Waals surface area contributed by atoms with E-state index in [0.717, 1.165) is 26.1 Å². The molecule has 1 aromatic rings. The number of hydrogen-bond acceptors (Lipinski definition) is 4. The average Bonchev–Trinajstić information content (AvgIpc) is 2.59. The molecule has 4 nitrogen and oxygen atoms in total. The van der Waals surface area contributed by atoms with Crippen LogP contribution in [-0.4, -0.2) is 44.0 Å². The van der Waals surface area contributed by atoms with E-state index in [1.54, 1.807) is 0 Å². The molecule has 5 heteroatoms. The first-order valence-electron chi connectivity index (χ1n) is 7.69. The number of rotatable bonds is 5. The maximum atomic E-state index is 11.7. The van der Waals surface area contributed by atoms with E-state index >= 15 is 0 Å². The first kappa shape index (κ1) is 16.5. The summed E-state index contributed by atoms with van der Waals surface area (Å²) in [6.07, 6.45) is 0.745. The van der Waals surface area contributed by atoms with Crippen LogP contribution in [0.4, 0.5) is 0 Å². The molecule has 1 saturated heterocycles. The van der Waals surface area contributed by atoms with Crippen LogP contribution < -0.4 is 5.32 Å². The molecule has 0 unspecified atom stereocenters. The Kier molecular flexibility index (Phi) is 5.79. The minimum absolute atomic E-state index is 0.291. The predicted molar refractivity (Wildman–Crippen MR) is 87.0 cm³/mol. The van der Waals surface area contributed by atoms with Crippen molar-refractivity contribution in [3.05, 3.63) is 35.4 Å². The molecule has 0 radical (unpaired) electrons. The highest BCUT2D eigenvalue weighted by molar-refractivity contribution is 7.91. The molecule has 1 heterocycles. The fraction of sp³-hybridized carbons (Fsp3) is 0.625. The Labute approximate surface area is 128 Å². The van der Waals surface area contributed by atoms with Crippen molar-refractivity contribution in [1.82, 2.24) is 10.2 Å². The predicted octanol–water partition coefficient (Wildman–Crippen LogP) is 1.81. The Morgan fingerprint density at radius 3 is 2.57 bits per heavy atom. The van der Waals surface area contributed by atoms with Crippen LogP contribution in [0.3, 0.4) is 0 Å². The molecule has 118 valence electrons. The lowest BCUT2D eigenvalue weighted by Crippen LogP contribution is -2.28. The molecule has 0 saturated carbocycles. The maximum Gasteiger partial charge on any atom is 0.151 e. The number of hydrogen-bond donors (Lipinski definition) is 1. The van der Waals surface area contributed by atoms with Gasteiger partial charge < -0.3 is 5.32 Å². The van der Waals surface area contributed by atoms with Gasteiger partial charge in [0.25, 0.3) is 0 Å². The van der Waals surface area contributed by atoms with Gasteiger partial charge in [-0.3, -0.25) is 4.90 Å². The second-order valence-electron chi connectivity index (χ2n) is 6.09. The Bertz CT molecular complexity index is 555. The SMILES string of the molecule is CC(C)NCc1ccccc1CN1CCCS(=O)(=O)CC1. The van der Waals surface area contributed by atoms with E-state index < -0.39 is 9.84 Å².